The normalized spacial score (nSPS) is 10.2. The second-order valence-corrected chi connectivity index (χ2v) is 6.91. The third-order valence-electron chi connectivity index (χ3n) is 2.27. The minimum Gasteiger partial charge on any atom is -0.321 e. The number of anilines is 1. The van der Waals surface area contributed by atoms with Crippen LogP contribution in [0.4, 0.5) is 5.69 Å². The van der Waals surface area contributed by atoms with Gasteiger partial charge in [0.05, 0.1) is 5.69 Å². The Labute approximate surface area is 141 Å². The van der Waals surface area contributed by atoms with Gasteiger partial charge in [0, 0.05) is 17.2 Å². The summed E-state index contributed by atoms with van der Waals surface area (Å²) in [6.07, 6.45) is 0. The Morgan fingerprint density at radius 3 is 2.56 bits per heavy atom. The molecule has 0 saturated heterocycles. The molecule has 0 aliphatic rings. The third-order valence-corrected chi connectivity index (χ3v) is 4.32. The van der Waals surface area contributed by atoms with Crippen molar-refractivity contribution in [2.24, 2.45) is 0 Å². The molecule has 92 valence electrons. The van der Waals surface area contributed by atoms with Gasteiger partial charge in [-0.15, -0.1) is 0 Å². The first-order valence-corrected chi connectivity index (χ1v) is 8.03. The van der Waals surface area contributed by atoms with Crippen molar-refractivity contribution in [2.45, 2.75) is 0 Å². The fourth-order valence-corrected chi connectivity index (χ4v) is 3.40. The Morgan fingerprint density at radius 2 is 1.89 bits per heavy atom. The fourth-order valence-electron chi connectivity index (χ4n) is 1.42. The highest BCUT2D eigenvalue weighted by molar-refractivity contribution is 14.1. The second-order valence-electron chi connectivity index (χ2n) is 3.59. The van der Waals surface area contributed by atoms with E-state index >= 15 is 0 Å². The van der Waals surface area contributed by atoms with E-state index in [0.717, 1.165) is 17.3 Å². The van der Waals surface area contributed by atoms with Crippen LogP contribution in [0.1, 0.15) is 10.4 Å². The first-order valence-electron chi connectivity index (χ1n) is 5.08. The van der Waals surface area contributed by atoms with Crippen LogP contribution >= 0.6 is 61.1 Å². The van der Waals surface area contributed by atoms with Gasteiger partial charge in [-0.2, -0.15) is 0 Å². The van der Waals surface area contributed by atoms with Gasteiger partial charge in [0.1, 0.15) is 0 Å². The maximum atomic E-state index is 12.1. The number of hydrogen-bond acceptors (Lipinski definition) is 1. The van der Waals surface area contributed by atoms with E-state index in [1.54, 1.807) is 0 Å². The Bertz CT molecular complexity index is 601. The Balaban J connectivity index is 2.21. The van der Waals surface area contributed by atoms with E-state index in [2.05, 4.69) is 66.4 Å². The summed E-state index contributed by atoms with van der Waals surface area (Å²) in [5.74, 6) is -0.0891. The number of amides is 1. The smallest absolute Gasteiger partial charge is 0.255 e. The summed E-state index contributed by atoms with van der Waals surface area (Å²) >= 11 is 7.79. The highest BCUT2D eigenvalue weighted by atomic mass is 127. The van der Waals surface area contributed by atoms with E-state index in [1.807, 2.05) is 42.5 Å². The third kappa shape index (κ3) is 3.67. The molecule has 2 rings (SSSR count). The highest BCUT2D eigenvalue weighted by Gasteiger charge is 2.08. The van der Waals surface area contributed by atoms with Gasteiger partial charge in [0.2, 0.25) is 0 Å². The standard InChI is InChI=1S/C13H8BrI2NO/c14-9-4-5-12(11(16)7-9)17-13(18)8-2-1-3-10(15)6-8/h1-7H,(H,17,18). The van der Waals surface area contributed by atoms with Crippen molar-refractivity contribution in [3.05, 3.63) is 59.6 Å². The van der Waals surface area contributed by atoms with Crippen molar-refractivity contribution in [1.29, 1.82) is 0 Å². The SMILES string of the molecule is O=C(Nc1ccc(Br)cc1I)c1cccc(I)c1. The molecular formula is C13H8BrI2NO. The molecule has 18 heavy (non-hydrogen) atoms. The molecule has 0 bridgehead atoms. The molecule has 2 nitrogen and oxygen atoms in total. The lowest BCUT2D eigenvalue weighted by molar-refractivity contribution is 0.102. The monoisotopic (exact) mass is 527 g/mol. The van der Waals surface area contributed by atoms with Crippen LogP contribution in [0.5, 0.6) is 0 Å². The molecule has 2 aromatic carbocycles. The topological polar surface area (TPSA) is 29.1 Å². The first kappa shape index (κ1) is 14.3. The van der Waals surface area contributed by atoms with Crippen molar-refractivity contribution in [3.8, 4) is 0 Å². The van der Waals surface area contributed by atoms with Gasteiger partial charge >= 0.3 is 0 Å². The fraction of sp³-hybridized carbons (Fsp3) is 0. The van der Waals surface area contributed by atoms with Crippen LogP contribution in [-0.4, -0.2) is 5.91 Å². The second kappa shape index (κ2) is 6.33. The molecule has 5 heteroatoms. The number of carbonyl (C=O) groups is 1. The van der Waals surface area contributed by atoms with Crippen molar-refractivity contribution in [2.75, 3.05) is 5.32 Å². The van der Waals surface area contributed by atoms with E-state index in [1.165, 1.54) is 0 Å². The lowest BCUT2D eigenvalue weighted by Crippen LogP contribution is -2.12. The van der Waals surface area contributed by atoms with Crippen LogP contribution in [-0.2, 0) is 0 Å². The zero-order chi connectivity index (χ0) is 13.1. The molecular weight excluding hydrogens is 520 g/mol. The molecule has 0 saturated carbocycles. The van der Waals surface area contributed by atoms with Crippen LogP contribution in [0.15, 0.2) is 46.9 Å². The van der Waals surface area contributed by atoms with Crippen molar-refractivity contribution < 1.29 is 4.79 Å². The van der Waals surface area contributed by atoms with Gasteiger partial charge in [-0.05, 0) is 81.6 Å². The molecule has 0 aliphatic heterocycles. The molecule has 1 N–H and O–H groups in total. The lowest BCUT2D eigenvalue weighted by Gasteiger charge is -2.08. The van der Waals surface area contributed by atoms with Gasteiger partial charge in [-0.1, -0.05) is 22.0 Å². The maximum absolute atomic E-state index is 12.1. The Hall–Kier alpha value is -0.150. The molecule has 0 aliphatic carbocycles. The van der Waals surface area contributed by atoms with Gasteiger partial charge in [0.15, 0.2) is 0 Å². The number of nitrogens with one attached hydrogen (secondary N) is 1. The van der Waals surface area contributed by atoms with Crippen molar-refractivity contribution in [3.63, 3.8) is 0 Å². The first-order chi connectivity index (χ1) is 8.56. The van der Waals surface area contributed by atoms with Crippen LogP contribution in [0.3, 0.4) is 0 Å². The van der Waals surface area contributed by atoms with E-state index in [0.29, 0.717) is 5.56 Å². The molecule has 1 amide bonds. The van der Waals surface area contributed by atoms with Gasteiger partial charge in [-0.25, -0.2) is 0 Å². The van der Waals surface area contributed by atoms with Gasteiger partial charge in [0.25, 0.3) is 5.91 Å². The van der Waals surface area contributed by atoms with Crippen LogP contribution in [0.25, 0.3) is 0 Å². The zero-order valence-electron chi connectivity index (χ0n) is 9.08. The minimum atomic E-state index is -0.0891. The molecule has 0 unspecified atom stereocenters. The quantitative estimate of drug-likeness (QED) is 0.553. The van der Waals surface area contributed by atoms with Crippen LogP contribution in [0.2, 0.25) is 0 Å². The number of rotatable bonds is 2. The van der Waals surface area contributed by atoms with Crippen molar-refractivity contribution in [1.82, 2.24) is 0 Å². The summed E-state index contributed by atoms with van der Waals surface area (Å²) in [5, 5.41) is 2.91. The minimum absolute atomic E-state index is 0.0891. The molecule has 2 aromatic rings. The molecule has 0 fully saturated rings. The summed E-state index contributed by atoms with van der Waals surface area (Å²) in [7, 11) is 0. The Kier molecular flexibility index (Phi) is 5.02. The molecule has 0 radical (unpaired) electrons. The average Bonchev–Trinajstić information content (AvgIpc) is 2.32. The predicted molar refractivity (Wildman–Crippen MR) is 94.0 cm³/mol. The van der Waals surface area contributed by atoms with E-state index in [4.69, 9.17) is 0 Å². The van der Waals surface area contributed by atoms with Gasteiger partial charge in [-0.3, -0.25) is 4.79 Å². The molecule has 0 spiro atoms. The number of carbonyl (C=O) groups excluding carboxylic acids is 1. The number of benzene rings is 2. The molecule has 0 atom stereocenters. The number of hydrogen-bond donors (Lipinski definition) is 1. The average molecular weight is 528 g/mol. The van der Waals surface area contributed by atoms with Crippen LogP contribution < -0.4 is 5.32 Å². The summed E-state index contributed by atoms with van der Waals surface area (Å²) in [5.41, 5.74) is 1.49. The van der Waals surface area contributed by atoms with Crippen molar-refractivity contribution >= 4 is 72.7 Å². The molecule has 0 aromatic heterocycles. The zero-order valence-corrected chi connectivity index (χ0v) is 15.0. The van der Waals surface area contributed by atoms with E-state index in [-0.39, 0.29) is 5.91 Å². The largest absolute Gasteiger partial charge is 0.321 e. The number of halogens is 3. The molecule has 0 heterocycles. The maximum Gasteiger partial charge on any atom is 0.255 e. The highest BCUT2D eigenvalue weighted by Crippen LogP contribution is 2.23. The van der Waals surface area contributed by atoms with Gasteiger partial charge < -0.3 is 5.32 Å². The summed E-state index contributed by atoms with van der Waals surface area (Å²) in [6, 6.07) is 13.3. The predicted octanol–water partition coefficient (Wildman–Crippen LogP) is 4.91. The summed E-state index contributed by atoms with van der Waals surface area (Å²) in [4.78, 5) is 12.1. The van der Waals surface area contributed by atoms with E-state index in [9.17, 15) is 4.79 Å². The lowest BCUT2D eigenvalue weighted by atomic mass is 10.2. The summed E-state index contributed by atoms with van der Waals surface area (Å²) in [6.45, 7) is 0. The Morgan fingerprint density at radius 1 is 1.11 bits per heavy atom. The summed E-state index contributed by atoms with van der Waals surface area (Å²) < 4.78 is 3.05. The van der Waals surface area contributed by atoms with Crippen LogP contribution in [0, 0.1) is 7.14 Å². The van der Waals surface area contributed by atoms with E-state index < -0.39 is 0 Å².